The maximum absolute atomic E-state index is 12.4. The molecule has 22 heavy (non-hydrogen) atoms. The molecule has 1 saturated carbocycles. The summed E-state index contributed by atoms with van der Waals surface area (Å²) in [5, 5.41) is -0.300. The van der Waals surface area contributed by atoms with Crippen LogP contribution < -0.4 is 0 Å². The predicted molar refractivity (Wildman–Crippen MR) is 83.1 cm³/mol. The minimum absolute atomic E-state index is 0.203. The molecule has 0 spiro atoms. The SMILES string of the molecule is O=C(CS(=O)(=O)C1CCCC1)N1CCCC(n2ccnc2)C1. The first-order valence-corrected chi connectivity index (χ1v) is 9.74. The Morgan fingerprint density at radius 2 is 1.95 bits per heavy atom. The molecule has 7 heteroatoms. The van der Waals surface area contributed by atoms with Crippen LogP contribution in [0.1, 0.15) is 44.6 Å². The van der Waals surface area contributed by atoms with Crippen LogP contribution in [0.4, 0.5) is 0 Å². The molecule has 2 heterocycles. The molecule has 2 fully saturated rings. The highest BCUT2D eigenvalue weighted by Gasteiger charge is 2.33. The maximum Gasteiger partial charge on any atom is 0.237 e. The van der Waals surface area contributed by atoms with Crippen LogP contribution in [0.2, 0.25) is 0 Å². The van der Waals surface area contributed by atoms with Gasteiger partial charge >= 0.3 is 0 Å². The highest BCUT2D eigenvalue weighted by Crippen LogP contribution is 2.26. The number of carbonyl (C=O) groups excluding carboxylic acids is 1. The predicted octanol–water partition coefficient (Wildman–Crippen LogP) is 1.40. The van der Waals surface area contributed by atoms with Crippen LogP contribution >= 0.6 is 0 Å². The van der Waals surface area contributed by atoms with Gasteiger partial charge in [-0.25, -0.2) is 13.4 Å². The Labute approximate surface area is 131 Å². The Balaban J connectivity index is 1.62. The van der Waals surface area contributed by atoms with Gasteiger partial charge in [0, 0.05) is 25.5 Å². The average Bonchev–Trinajstić information content (AvgIpc) is 3.20. The van der Waals surface area contributed by atoms with Gasteiger partial charge in [0.2, 0.25) is 5.91 Å². The van der Waals surface area contributed by atoms with Gasteiger partial charge in [-0.3, -0.25) is 4.79 Å². The summed E-state index contributed by atoms with van der Waals surface area (Å²) in [7, 11) is -3.29. The second kappa shape index (κ2) is 6.40. The first-order valence-electron chi connectivity index (χ1n) is 8.03. The van der Waals surface area contributed by atoms with Gasteiger partial charge in [0.1, 0.15) is 5.75 Å². The molecule has 2 aliphatic rings. The van der Waals surface area contributed by atoms with Crippen molar-refractivity contribution in [3.63, 3.8) is 0 Å². The number of hydrogen-bond donors (Lipinski definition) is 0. The summed E-state index contributed by atoms with van der Waals surface area (Å²) in [5.41, 5.74) is 0. The molecular weight excluding hydrogens is 302 g/mol. The third kappa shape index (κ3) is 3.34. The third-order valence-corrected chi connectivity index (χ3v) is 6.97. The average molecular weight is 325 g/mol. The highest BCUT2D eigenvalue weighted by molar-refractivity contribution is 7.92. The van der Waals surface area contributed by atoms with E-state index in [-0.39, 0.29) is 23.0 Å². The number of imidazole rings is 1. The molecule has 1 amide bonds. The Hall–Kier alpha value is -1.37. The topological polar surface area (TPSA) is 72.3 Å². The largest absolute Gasteiger partial charge is 0.340 e. The van der Waals surface area contributed by atoms with E-state index >= 15 is 0 Å². The molecule has 0 aromatic carbocycles. The fourth-order valence-corrected chi connectivity index (χ4v) is 5.35. The van der Waals surface area contributed by atoms with Crippen LogP contribution in [0.15, 0.2) is 18.7 Å². The van der Waals surface area contributed by atoms with E-state index in [0.717, 1.165) is 25.7 Å². The van der Waals surface area contributed by atoms with Crippen molar-refractivity contribution < 1.29 is 13.2 Å². The fourth-order valence-electron chi connectivity index (χ4n) is 3.54. The van der Waals surface area contributed by atoms with Crippen molar-refractivity contribution in [3.05, 3.63) is 18.7 Å². The van der Waals surface area contributed by atoms with Crippen LogP contribution in [-0.4, -0.2) is 52.9 Å². The molecule has 1 aromatic heterocycles. The van der Waals surface area contributed by atoms with Crippen molar-refractivity contribution in [1.29, 1.82) is 0 Å². The van der Waals surface area contributed by atoms with Crippen molar-refractivity contribution in [1.82, 2.24) is 14.5 Å². The van der Waals surface area contributed by atoms with Crippen molar-refractivity contribution in [2.75, 3.05) is 18.8 Å². The Morgan fingerprint density at radius 3 is 2.64 bits per heavy atom. The van der Waals surface area contributed by atoms with E-state index < -0.39 is 9.84 Å². The number of piperidine rings is 1. The number of likely N-dealkylation sites (tertiary alicyclic amines) is 1. The van der Waals surface area contributed by atoms with Crippen LogP contribution in [0, 0.1) is 0 Å². The van der Waals surface area contributed by atoms with Gasteiger partial charge in [-0.05, 0) is 25.7 Å². The van der Waals surface area contributed by atoms with Crippen LogP contribution in [0.25, 0.3) is 0 Å². The maximum atomic E-state index is 12.4. The molecule has 1 atom stereocenters. The molecule has 3 rings (SSSR count). The molecule has 1 aliphatic heterocycles. The summed E-state index contributed by atoms with van der Waals surface area (Å²) in [6.45, 7) is 1.24. The number of sulfone groups is 1. The van der Waals surface area contributed by atoms with Gasteiger partial charge in [0.15, 0.2) is 9.84 Å². The van der Waals surface area contributed by atoms with Crippen LogP contribution in [0.5, 0.6) is 0 Å². The van der Waals surface area contributed by atoms with Gasteiger partial charge in [-0.2, -0.15) is 0 Å². The van der Waals surface area contributed by atoms with Gasteiger partial charge in [-0.15, -0.1) is 0 Å². The molecule has 0 N–H and O–H groups in total. The van der Waals surface area contributed by atoms with E-state index in [9.17, 15) is 13.2 Å². The third-order valence-electron chi connectivity index (χ3n) is 4.83. The van der Waals surface area contributed by atoms with Gasteiger partial charge in [0.05, 0.1) is 17.6 Å². The molecule has 1 unspecified atom stereocenters. The lowest BCUT2D eigenvalue weighted by Crippen LogP contribution is -2.44. The van der Waals surface area contributed by atoms with Crippen LogP contribution in [0.3, 0.4) is 0 Å². The summed E-state index contributed by atoms with van der Waals surface area (Å²) >= 11 is 0. The lowest BCUT2D eigenvalue weighted by Gasteiger charge is -2.33. The Bertz CT molecular complexity index is 606. The van der Waals surface area contributed by atoms with Gasteiger partial charge in [-0.1, -0.05) is 12.8 Å². The van der Waals surface area contributed by atoms with E-state index in [1.54, 1.807) is 17.4 Å². The molecule has 122 valence electrons. The molecule has 0 radical (unpaired) electrons. The lowest BCUT2D eigenvalue weighted by molar-refractivity contribution is -0.130. The normalized spacial score (nSPS) is 23.8. The molecule has 1 saturated heterocycles. The van der Waals surface area contributed by atoms with Gasteiger partial charge in [0.25, 0.3) is 0 Å². The summed E-state index contributed by atoms with van der Waals surface area (Å²) in [5.74, 6) is -0.564. The van der Waals surface area contributed by atoms with E-state index in [1.807, 2.05) is 10.8 Å². The number of amides is 1. The Morgan fingerprint density at radius 1 is 1.18 bits per heavy atom. The van der Waals surface area contributed by atoms with Crippen molar-refractivity contribution >= 4 is 15.7 Å². The van der Waals surface area contributed by atoms with Crippen LogP contribution in [-0.2, 0) is 14.6 Å². The smallest absolute Gasteiger partial charge is 0.237 e. The number of nitrogens with zero attached hydrogens (tertiary/aromatic N) is 3. The molecule has 1 aromatic rings. The summed E-state index contributed by atoms with van der Waals surface area (Å²) < 4.78 is 26.7. The second-order valence-corrected chi connectivity index (χ2v) is 8.64. The van der Waals surface area contributed by atoms with E-state index in [2.05, 4.69) is 4.98 Å². The first kappa shape index (κ1) is 15.5. The highest BCUT2D eigenvalue weighted by atomic mass is 32.2. The number of carbonyl (C=O) groups is 1. The summed E-state index contributed by atoms with van der Waals surface area (Å²) in [6.07, 6.45) is 10.6. The standard InChI is InChI=1S/C15H23N3O3S/c19-15(11-22(20,21)14-5-1-2-6-14)17-8-3-4-13(10-17)18-9-7-16-12-18/h7,9,12-14H,1-6,8,10-11H2. The second-order valence-electron chi connectivity index (χ2n) is 6.36. The number of rotatable bonds is 4. The number of aromatic nitrogens is 2. The molecule has 1 aliphatic carbocycles. The zero-order valence-electron chi connectivity index (χ0n) is 12.7. The van der Waals surface area contributed by atoms with E-state index in [1.165, 1.54) is 0 Å². The summed E-state index contributed by atoms with van der Waals surface area (Å²) in [4.78, 5) is 18.2. The number of hydrogen-bond acceptors (Lipinski definition) is 4. The zero-order valence-corrected chi connectivity index (χ0v) is 13.5. The van der Waals surface area contributed by atoms with Crippen molar-refractivity contribution in [2.45, 2.75) is 49.8 Å². The van der Waals surface area contributed by atoms with Crippen molar-refractivity contribution in [2.24, 2.45) is 0 Å². The first-order chi connectivity index (χ1) is 10.6. The van der Waals surface area contributed by atoms with Gasteiger partial charge < -0.3 is 9.47 Å². The Kier molecular flexibility index (Phi) is 4.52. The summed E-state index contributed by atoms with van der Waals surface area (Å²) in [6, 6.07) is 0.203. The monoisotopic (exact) mass is 325 g/mol. The zero-order chi connectivity index (χ0) is 15.6. The fraction of sp³-hybridized carbons (Fsp3) is 0.733. The molecule has 6 nitrogen and oxygen atoms in total. The van der Waals surface area contributed by atoms with E-state index in [0.29, 0.717) is 25.9 Å². The minimum atomic E-state index is -3.29. The van der Waals surface area contributed by atoms with Crippen molar-refractivity contribution in [3.8, 4) is 0 Å². The van der Waals surface area contributed by atoms with E-state index in [4.69, 9.17) is 0 Å². The quantitative estimate of drug-likeness (QED) is 0.839. The molecule has 0 bridgehead atoms. The minimum Gasteiger partial charge on any atom is -0.340 e. The molecular formula is C15H23N3O3S. The lowest BCUT2D eigenvalue weighted by atomic mass is 10.1.